The molecule has 2 heterocycles. The minimum Gasteiger partial charge on any atom is -0.320 e. The van der Waals surface area contributed by atoms with Crippen molar-refractivity contribution >= 4 is 21.5 Å². The van der Waals surface area contributed by atoms with Crippen LogP contribution in [-0.4, -0.2) is 32.4 Å². The predicted molar refractivity (Wildman–Crippen MR) is 86.1 cm³/mol. The second kappa shape index (κ2) is 7.92. The van der Waals surface area contributed by atoms with E-state index in [-0.39, 0.29) is 0 Å². The Kier molecular flexibility index (Phi) is 6.21. The summed E-state index contributed by atoms with van der Waals surface area (Å²) in [5.74, 6) is 5.73. The quantitative estimate of drug-likeness (QED) is 0.818. The van der Waals surface area contributed by atoms with E-state index in [4.69, 9.17) is 5.73 Å². The Morgan fingerprint density at radius 1 is 1.29 bits per heavy atom. The first-order chi connectivity index (χ1) is 10.1. The highest BCUT2D eigenvalue weighted by Gasteiger charge is 2.22. The van der Waals surface area contributed by atoms with Gasteiger partial charge in [-0.3, -0.25) is 0 Å². The number of thiophene rings is 1. The molecule has 5 nitrogen and oxygen atoms in total. The van der Waals surface area contributed by atoms with Crippen LogP contribution in [-0.2, 0) is 16.8 Å². The van der Waals surface area contributed by atoms with Crippen molar-refractivity contribution in [2.45, 2.75) is 32.2 Å². The molecule has 1 aromatic rings. The van der Waals surface area contributed by atoms with Crippen LogP contribution >= 0.6 is 11.3 Å². The van der Waals surface area contributed by atoms with E-state index in [2.05, 4.69) is 16.6 Å². The second-order valence-electron chi connectivity index (χ2n) is 4.95. The first kappa shape index (κ1) is 16.5. The standard InChI is InChI=1S/C14H21N3O2S2/c15-7-5-6-13-10-14(20-12-13)11-16-21(18,19)17-8-3-1-2-4-9-17/h10,12,16H,1-4,7-9,11,15H2. The Labute approximate surface area is 130 Å². The monoisotopic (exact) mass is 327 g/mol. The Balaban J connectivity index is 1.93. The highest BCUT2D eigenvalue weighted by molar-refractivity contribution is 7.87. The van der Waals surface area contributed by atoms with Gasteiger partial charge in [-0.1, -0.05) is 24.7 Å². The molecule has 1 saturated heterocycles. The number of hydrogen-bond donors (Lipinski definition) is 2. The van der Waals surface area contributed by atoms with Gasteiger partial charge in [0.25, 0.3) is 10.2 Å². The van der Waals surface area contributed by atoms with Crippen molar-refractivity contribution in [3.63, 3.8) is 0 Å². The van der Waals surface area contributed by atoms with Crippen LogP contribution < -0.4 is 10.5 Å². The third kappa shape index (κ3) is 5.09. The lowest BCUT2D eigenvalue weighted by Gasteiger charge is -2.19. The second-order valence-corrected chi connectivity index (χ2v) is 7.70. The average molecular weight is 327 g/mol. The molecule has 0 spiro atoms. The zero-order chi connectivity index (χ0) is 15.1. The van der Waals surface area contributed by atoms with E-state index < -0.39 is 10.2 Å². The summed E-state index contributed by atoms with van der Waals surface area (Å²) >= 11 is 1.50. The van der Waals surface area contributed by atoms with E-state index in [1.807, 2.05) is 11.4 Å². The Bertz CT molecular complexity index is 606. The molecule has 0 radical (unpaired) electrons. The maximum absolute atomic E-state index is 12.3. The third-order valence-corrected chi connectivity index (χ3v) is 5.81. The largest absolute Gasteiger partial charge is 0.320 e. The van der Waals surface area contributed by atoms with Gasteiger partial charge in [-0.25, -0.2) is 0 Å². The summed E-state index contributed by atoms with van der Waals surface area (Å²) in [5, 5.41) is 1.91. The Morgan fingerprint density at radius 3 is 2.67 bits per heavy atom. The Morgan fingerprint density at radius 2 is 2.00 bits per heavy atom. The van der Waals surface area contributed by atoms with Gasteiger partial charge >= 0.3 is 0 Å². The maximum atomic E-state index is 12.3. The number of nitrogens with two attached hydrogens (primary N) is 1. The lowest BCUT2D eigenvalue weighted by molar-refractivity contribution is 0.415. The van der Waals surface area contributed by atoms with Crippen molar-refractivity contribution in [3.05, 3.63) is 21.9 Å². The van der Waals surface area contributed by atoms with Gasteiger partial charge in [0.1, 0.15) is 0 Å². The molecular weight excluding hydrogens is 306 g/mol. The molecule has 21 heavy (non-hydrogen) atoms. The number of nitrogens with zero attached hydrogens (tertiary/aromatic N) is 1. The first-order valence-electron chi connectivity index (χ1n) is 7.13. The molecule has 0 atom stereocenters. The molecule has 0 amide bonds. The van der Waals surface area contributed by atoms with Gasteiger partial charge in [0.15, 0.2) is 0 Å². The van der Waals surface area contributed by atoms with E-state index in [0.29, 0.717) is 26.2 Å². The molecule has 1 aliphatic heterocycles. The lowest BCUT2D eigenvalue weighted by Crippen LogP contribution is -2.40. The van der Waals surface area contributed by atoms with Crippen LogP contribution in [0.2, 0.25) is 0 Å². The summed E-state index contributed by atoms with van der Waals surface area (Å²) in [6, 6.07) is 1.90. The van der Waals surface area contributed by atoms with Crippen LogP contribution in [0.4, 0.5) is 0 Å². The predicted octanol–water partition coefficient (Wildman–Crippen LogP) is 1.27. The molecule has 1 aliphatic rings. The van der Waals surface area contributed by atoms with Gasteiger partial charge < -0.3 is 5.73 Å². The van der Waals surface area contributed by atoms with Crippen LogP contribution in [0.15, 0.2) is 11.4 Å². The molecule has 0 saturated carbocycles. The van der Waals surface area contributed by atoms with Crippen LogP contribution in [0, 0.1) is 11.8 Å². The molecule has 0 aliphatic carbocycles. The van der Waals surface area contributed by atoms with Crippen molar-refractivity contribution in [2.24, 2.45) is 5.73 Å². The van der Waals surface area contributed by atoms with Gasteiger partial charge in [0.2, 0.25) is 0 Å². The van der Waals surface area contributed by atoms with Crippen molar-refractivity contribution < 1.29 is 8.42 Å². The summed E-state index contributed by atoms with van der Waals surface area (Å²) in [6.45, 7) is 1.88. The first-order valence-corrected chi connectivity index (χ1v) is 9.45. The summed E-state index contributed by atoms with van der Waals surface area (Å²) in [4.78, 5) is 0.953. The van der Waals surface area contributed by atoms with E-state index in [1.54, 1.807) is 4.31 Å². The van der Waals surface area contributed by atoms with E-state index >= 15 is 0 Å². The molecular formula is C14H21N3O2S2. The fraction of sp³-hybridized carbons (Fsp3) is 0.571. The minimum absolute atomic E-state index is 0.313. The molecule has 1 fully saturated rings. The lowest BCUT2D eigenvalue weighted by atomic mass is 10.2. The van der Waals surface area contributed by atoms with Crippen LogP contribution in [0.25, 0.3) is 0 Å². The molecule has 116 valence electrons. The number of nitrogens with one attached hydrogen (secondary N) is 1. The van der Waals surface area contributed by atoms with Crippen LogP contribution in [0.3, 0.4) is 0 Å². The van der Waals surface area contributed by atoms with E-state index in [1.165, 1.54) is 11.3 Å². The maximum Gasteiger partial charge on any atom is 0.279 e. The highest BCUT2D eigenvalue weighted by Crippen LogP contribution is 2.16. The molecule has 1 aromatic heterocycles. The van der Waals surface area contributed by atoms with Gasteiger partial charge in [0.05, 0.1) is 6.54 Å². The smallest absolute Gasteiger partial charge is 0.279 e. The van der Waals surface area contributed by atoms with Gasteiger partial charge in [-0.05, 0) is 18.9 Å². The van der Waals surface area contributed by atoms with Gasteiger partial charge in [-0.2, -0.15) is 17.4 Å². The van der Waals surface area contributed by atoms with E-state index in [0.717, 1.165) is 36.1 Å². The van der Waals surface area contributed by atoms with Crippen LogP contribution in [0.1, 0.15) is 36.1 Å². The fourth-order valence-electron chi connectivity index (χ4n) is 2.23. The summed E-state index contributed by atoms with van der Waals surface area (Å²) in [6.07, 6.45) is 4.11. The summed E-state index contributed by atoms with van der Waals surface area (Å²) < 4.78 is 28.8. The molecule has 3 N–H and O–H groups in total. The van der Waals surface area contributed by atoms with E-state index in [9.17, 15) is 8.42 Å². The summed E-state index contributed by atoms with van der Waals surface area (Å²) in [5.41, 5.74) is 6.21. The number of hydrogen-bond acceptors (Lipinski definition) is 4. The van der Waals surface area contributed by atoms with Gasteiger partial charge in [0, 0.05) is 35.5 Å². The fourth-order valence-corrected chi connectivity index (χ4v) is 4.33. The van der Waals surface area contributed by atoms with Gasteiger partial charge in [-0.15, -0.1) is 11.3 Å². The third-order valence-electron chi connectivity index (χ3n) is 3.32. The van der Waals surface area contributed by atoms with Crippen molar-refractivity contribution in [1.82, 2.24) is 9.03 Å². The number of rotatable bonds is 4. The van der Waals surface area contributed by atoms with Crippen LogP contribution in [0.5, 0.6) is 0 Å². The van der Waals surface area contributed by atoms with Crippen molar-refractivity contribution in [1.29, 1.82) is 0 Å². The van der Waals surface area contributed by atoms with Crippen molar-refractivity contribution in [2.75, 3.05) is 19.6 Å². The highest BCUT2D eigenvalue weighted by atomic mass is 32.2. The Hall–Kier alpha value is -0.910. The molecule has 7 heteroatoms. The molecule has 0 bridgehead atoms. The molecule has 2 rings (SSSR count). The average Bonchev–Trinajstić information content (AvgIpc) is 2.73. The SMILES string of the molecule is NCC#Cc1csc(CNS(=O)(=O)N2CCCCCC2)c1. The minimum atomic E-state index is -3.38. The zero-order valence-electron chi connectivity index (χ0n) is 12.0. The normalized spacial score (nSPS) is 17.0. The zero-order valence-corrected chi connectivity index (χ0v) is 13.6. The topological polar surface area (TPSA) is 75.4 Å². The molecule has 0 aromatic carbocycles. The summed E-state index contributed by atoms with van der Waals surface area (Å²) in [7, 11) is -3.38. The molecule has 0 unspecified atom stereocenters. The van der Waals surface area contributed by atoms with Crippen molar-refractivity contribution in [3.8, 4) is 11.8 Å².